The van der Waals surface area contributed by atoms with Crippen LogP contribution in [0.4, 0.5) is 16.2 Å². The van der Waals surface area contributed by atoms with Gasteiger partial charge in [0.05, 0.1) is 13.2 Å². The van der Waals surface area contributed by atoms with Crippen LogP contribution in [0.3, 0.4) is 0 Å². The van der Waals surface area contributed by atoms with E-state index in [0.717, 1.165) is 25.1 Å². The monoisotopic (exact) mass is 355 g/mol. The fourth-order valence-electron chi connectivity index (χ4n) is 2.75. The molecular weight excluding hydrogens is 330 g/mol. The Hall–Kier alpha value is -2.89. The quantitative estimate of drug-likeness (QED) is 0.779. The lowest BCUT2D eigenvalue weighted by Crippen LogP contribution is -2.31. The Morgan fingerprint density at radius 1 is 1.08 bits per heavy atom. The molecule has 138 valence electrons. The summed E-state index contributed by atoms with van der Waals surface area (Å²) in [5.41, 5.74) is 1.86. The first-order chi connectivity index (χ1) is 12.7. The Labute approximate surface area is 154 Å². The number of carbonyl (C=O) groups excluding carboxylic acids is 1. The summed E-state index contributed by atoms with van der Waals surface area (Å²) in [7, 11) is 2.05. The molecule has 0 aromatic heterocycles. The zero-order valence-corrected chi connectivity index (χ0v) is 15.0. The van der Waals surface area contributed by atoms with Crippen molar-refractivity contribution >= 4 is 17.4 Å². The van der Waals surface area contributed by atoms with Gasteiger partial charge >= 0.3 is 6.03 Å². The minimum atomic E-state index is -0.221. The van der Waals surface area contributed by atoms with Crippen molar-refractivity contribution in [1.29, 1.82) is 0 Å². The van der Waals surface area contributed by atoms with Crippen LogP contribution in [0.2, 0.25) is 0 Å². The molecular formula is C20H25N3O3. The second-order valence-electron chi connectivity index (χ2n) is 6.20. The average molecular weight is 355 g/mol. The number of nitrogens with one attached hydrogen (secondary N) is 2. The Morgan fingerprint density at radius 2 is 1.85 bits per heavy atom. The third kappa shape index (κ3) is 5.05. The highest BCUT2D eigenvalue weighted by atomic mass is 16.5. The van der Waals surface area contributed by atoms with Crippen LogP contribution in [0.15, 0.2) is 48.5 Å². The van der Waals surface area contributed by atoms with Gasteiger partial charge < -0.3 is 25.0 Å². The zero-order valence-electron chi connectivity index (χ0n) is 15.0. The van der Waals surface area contributed by atoms with E-state index < -0.39 is 0 Å². The van der Waals surface area contributed by atoms with Crippen molar-refractivity contribution in [2.75, 3.05) is 43.6 Å². The number of fused-ring (bicyclic) bond motifs is 1. The van der Waals surface area contributed by atoms with Crippen LogP contribution in [-0.4, -0.2) is 39.4 Å². The van der Waals surface area contributed by atoms with Crippen molar-refractivity contribution in [3.05, 3.63) is 48.5 Å². The van der Waals surface area contributed by atoms with Crippen LogP contribution < -0.4 is 25.0 Å². The molecule has 1 heterocycles. The number of hydrogen-bond acceptors (Lipinski definition) is 4. The minimum absolute atomic E-state index is 0.221. The molecule has 2 aromatic rings. The Balaban J connectivity index is 1.41. The molecule has 2 amide bonds. The van der Waals surface area contributed by atoms with Crippen molar-refractivity contribution in [2.45, 2.75) is 12.8 Å². The summed E-state index contributed by atoms with van der Waals surface area (Å²) < 4.78 is 11.2. The van der Waals surface area contributed by atoms with Gasteiger partial charge in [0.1, 0.15) is 0 Å². The molecule has 3 rings (SSSR count). The minimum Gasteiger partial charge on any atom is -0.490 e. The van der Waals surface area contributed by atoms with E-state index in [1.165, 1.54) is 5.69 Å². The summed E-state index contributed by atoms with van der Waals surface area (Å²) in [6.07, 6.45) is 1.72. The molecule has 0 fully saturated rings. The van der Waals surface area contributed by atoms with Gasteiger partial charge in [-0.2, -0.15) is 0 Å². The highest BCUT2D eigenvalue weighted by Gasteiger charge is 2.11. The van der Waals surface area contributed by atoms with Gasteiger partial charge in [-0.05, 0) is 30.7 Å². The number of rotatable bonds is 6. The van der Waals surface area contributed by atoms with E-state index in [1.54, 1.807) is 6.07 Å². The maximum absolute atomic E-state index is 12.1. The molecule has 0 radical (unpaired) electrons. The molecule has 2 N–H and O–H groups in total. The Kier molecular flexibility index (Phi) is 6.19. The molecule has 0 unspecified atom stereocenters. The van der Waals surface area contributed by atoms with E-state index in [0.29, 0.717) is 31.2 Å². The van der Waals surface area contributed by atoms with Gasteiger partial charge in [-0.15, -0.1) is 0 Å². The van der Waals surface area contributed by atoms with E-state index in [9.17, 15) is 4.79 Å². The molecule has 2 aromatic carbocycles. The molecule has 0 bridgehead atoms. The molecule has 6 heteroatoms. The zero-order chi connectivity index (χ0) is 18.2. The fraction of sp³-hybridized carbons (Fsp3) is 0.350. The number of anilines is 2. The van der Waals surface area contributed by atoms with E-state index in [1.807, 2.05) is 37.4 Å². The van der Waals surface area contributed by atoms with Crippen LogP contribution in [-0.2, 0) is 0 Å². The van der Waals surface area contributed by atoms with Crippen LogP contribution >= 0.6 is 0 Å². The van der Waals surface area contributed by atoms with Gasteiger partial charge in [-0.25, -0.2) is 4.79 Å². The van der Waals surface area contributed by atoms with Gasteiger partial charge in [0.15, 0.2) is 11.5 Å². The highest BCUT2D eigenvalue weighted by molar-refractivity contribution is 5.89. The van der Waals surface area contributed by atoms with Crippen molar-refractivity contribution in [3.8, 4) is 11.5 Å². The fourth-order valence-corrected chi connectivity index (χ4v) is 2.75. The van der Waals surface area contributed by atoms with Gasteiger partial charge in [-0.1, -0.05) is 18.2 Å². The molecule has 1 aliphatic heterocycles. The molecule has 0 atom stereocenters. The van der Waals surface area contributed by atoms with Crippen LogP contribution in [0.1, 0.15) is 12.8 Å². The van der Waals surface area contributed by atoms with Gasteiger partial charge in [0.2, 0.25) is 0 Å². The maximum Gasteiger partial charge on any atom is 0.319 e. The number of ether oxygens (including phenoxy) is 2. The number of urea groups is 1. The number of amides is 2. The second kappa shape index (κ2) is 8.99. The lowest BCUT2D eigenvalue weighted by atomic mass is 10.2. The second-order valence-corrected chi connectivity index (χ2v) is 6.20. The predicted molar refractivity (Wildman–Crippen MR) is 103 cm³/mol. The first-order valence-electron chi connectivity index (χ1n) is 8.93. The van der Waals surface area contributed by atoms with Crippen molar-refractivity contribution in [2.24, 2.45) is 0 Å². The summed E-state index contributed by atoms with van der Waals surface area (Å²) in [5.74, 6) is 1.39. The maximum atomic E-state index is 12.1. The molecule has 0 aliphatic carbocycles. The summed E-state index contributed by atoms with van der Waals surface area (Å²) in [4.78, 5) is 14.2. The van der Waals surface area contributed by atoms with Gasteiger partial charge in [-0.3, -0.25) is 0 Å². The van der Waals surface area contributed by atoms with Crippen molar-refractivity contribution in [1.82, 2.24) is 5.32 Å². The summed E-state index contributed by atoms with van der Waals surface area (Å²) >= 11 is 0. The average Bonchev–Trinajstić information content (AvgIpc) is 2.91. The van der Waals surface area contributed by atoms with E-state index in [-0.39, 0.29) is 6.03 Å². The standard InChI is InChI=1S/C20H25N3O3/c1-23(17-7-3-2-4-8-17)12-5-11-21-20(24)22-16-9-10-18-19(15-16)26-14-6-13-25-18/h2-4,7-10,15H,5-6,11-14H2,1H3,(H2,21,22,24). The normalized spacial score (nSPS) is 12.8. The number of nitrogens with zero attached hydrogens (tertiary/aromatic N) is 1. The summed E-state index contributed by atoms with van der Waals surface area (Å²) in [5, 5.41) is 5.71. The highest BCUT2D eigenvalue weighted by Crippen LogP contribution is 2.32. The third-order valence-electron chi connectivity index (χ3n) is 4.16. The first-order valence-corrected chi connectivity index (χ1v) is 8.93. The number of para-hydroxylation sites is 1. The van der Waals surface area contributed by atoms with Gasteiger partial charge in [0.25, 0.3) is 0 Å². The first kappa shape index (κ1) is 17.9. The lowest BCUT2D eigenvalue weighted by molar-refractivity contribution is 0.252. The number of hydrogen-bond donors (Lipinski definition) is 2. The van der Waals surface area contributed by atoms with E-state index >= 15 is 0 Å². The Bertz CT molecular complexity index is 721. The summed E-state index contributed by atoms with van der Waals surface area (Å²) in [6, 6.07) is 15.4. The molecule has 0 saturated carbocycles. The third-order valence-corrected chi connectivity index (χ3v) is 4.16. The molecule has 0 saturated heterocycles. The molecule has 26 heavy (non-hydrogen) atoms. The van der Waals surface area contributed by atoms with Crippen LogP contribution in [0.25, 0.3) is 0 Å². The SMILES string of the molecule is CN(CCCNC(=O)Nc1ccc2c(c1)OCCCO2)c1ccccc1. The van der Waals surface area contributed by atoms with E-state index in [4.69, 9.17) is 9.47 Å². The smallest absolute Gasteiger partial charge is 0.319 e. The van der Waals surface area contributed by atoms with E-state index in [2.05, 4.69) is 27.7 Å². The summed E-state index contributed by atoms with van der Waals surface area (Å²) in [6.45, 7) is 2.75. The van der Waals surface area contributed by atoms with Crippen LogP contribution in [0, 0.1) is 0 Å². The molecule has 1 aliphatic rings. The van der Waals surface area contributed by atoms with Crippen molar-refractivity contribution < 1.29 is 14.3 Å². The largest absolute Gasteiger partial charge is 0.490 e. The number of benzene rings is 2. The topological polar surface area (TPSA) is 62.8 Å². The predicted octanol–water partition coefficient (Wildman–Crippen LogP) is 3.50. The van der Waals surface area contributed by atoms with Crippen molar-refractivity contribution in [3.63, 3.8) is 0 Å². The Morgan fingerprint density at radius 3 is 2.65 bits per heavy atom. The number of carbonyl (C=O) groups is 1. The lowest BCUT2D eigenvalue weighted by Gasteiger charge is -2.19. The molecule has 0 spiro atoms. The van der Waals surface area contributed by atoms with Crippen LogP contribution in [0.5, 0.6) is 11.5 Å². The molecule has 6 nitrogen and oxygen atoms in total. The van der Waals surface area contributed by atoms with Gasteiger partial charge in [0, 0.05) is 44.0 Å².